The molecule has 0 aliphatic rings. The van der Waals surface area contributed by atoms with E-state index in [9.17, 15) is 4.79 Å². The summed E-state index contributed by atoms with van der Waals surface area (Å²) in [6, 6.07) is 5.87. The van der Waals surface area contributed by atoms with Gasteiger partial charge in [-0.3, -0.25) is 4.79 Å². The van der Waals surface area contributed by atoms with Crippen molar-refractivity contribution in [3.8, 4) is 5.75 Å². The molecule has 0 aliphatic carbocycles. The number of H-pyrrole nitrogens is 1. The Morgan fingerprint density at radius 2 is 2.21 bits per heavy atom. The largest absolute Gasteiger partial charge is 0.497 e. The summed E-state index contributed by atoms with van der Waals surface area (Å²) in [7, 11) is 1.63. The molecule has 0 saturated heterocycles. The van der Waals surface area contributed by atoms with Crippen LogP contribution >= 0.6 is 0 Å². The first-order chi connectivity index (χ1) is 9.06. The number of aryl methyl sites for hydroxylation is 1. The van der Waals surface area contributed by atoms with Crippen LogP contribution in [0.5, 0.6) is 5.75 Å². The Morgan fingerprint density at radius 3 is 2.84 bits per heavy atom. The van der Waals surface area contributed by atoms with Crippen LogP contribution in [-0.4, -0.2) is 24.0 Å². The molecule has 2 aromatic rings. The smallest absolute Gasteiger partial charge is 0.253 e. The van der Waals surface area contributed by atoms with Gasteiger partial charge >= 0.3 is 0 Å². The number of benzene rings is 1. The molecule has 0 bridgehead atoms. The summed E-state index contributed by atoms with van der Waals surface area (Å²) in [6.07, 6.45) is 0.918. The number of hydrogen-bond donors (Lipinski definition) is 2. The maximum atomic E-state index is 12.3. The van der Waals surface area contributed by atoms with E-state index in [4.69, 9.17) is 4.74 Å². The van der Waals surface area contributed by atoms with E-state index in [1.165, 1.54) is 0 Å². The second kappa shape index (κ2) is 5.34. The fourth-order valence-electron chi connectivity index (χ4n) is 2.13. The lowest BCUT2D eigenvalue weighted by Gasteiger charge is -2.11. The molecule has 0 spiro atoms. The monoisotopic (exact) mass is 260 g/mol. The summed E-state index contributed by atoms with van der Waals surface area (Å²) in [4.78, 5) is 15.5. The fraction of sp³-hybridized carbons (Fsp3) is 0.400. The molecular formula is C15H20N2O2. The van der Waals surface area contributed by atoms with Crippen LogP contribution in [-0.2, 0) is 0 Å². The molecule has 1 aromatic heterocycles. The summed E-state index contributed by atoms with van der Waals surface area (Å²) in [5.41, 5.74) is 2.52. The zero-order chi connectivity index (χ0) is 14.0. The van der Waals surface area contributed by atoms with E-state index in [1.807, 2.05) is 32.0 Å². The van der Waals surface area contributed by atoms with Crippen molar-refractivity contribution >= 4 is 16.8 Å². The zero-order valence-corrected chi connectivity index (χ0v) is 11.8. The van der Waals surface area contributed by atoms with Crippen LogP contribution in [0.2, 0.25) is 0 Å². The standard InChI is InChI=1S/C15H20N2O2/c1-5-9(2)16-15(18)14-10(3)17-13-8-11(19-4)6-7-12(13)14/h6-9,17H,5H2,1-4H3,(H,16,18). The first-order valence-corrected chi connectivity index (χ1v) is 6.54. The van der Waals surface area contributed by atoms with Crippen LogP contribution in [0.3, 0.4) is 0 Å². The number of aromatic nitrogens is 1. The molecule has 19 heavy (non-hydrogen) atoms. The average molecular weight is 260 g/mol. The highest BCUT2D eigenvalue weighted by Crippen LogP contribution is 2.26. The Balaban J connectivity index is 2.43. The fourth-order valence-corrected chi connectivity index (χ4v) is 2.13. The maximum absolute atomic E-state index is 12.3. The lowest BCUT2D eigenvalue weighted by atomic mass is 10.1. The van der Waals surface area contributed by atoms with Crippen molar-refractivity contribution in [3.05, 3.63) is 29.5 Å². The van der Waals surface area contributed by atoms with Crippen molar-refractivity contribution in [1.82, 2.24) is 10.3 Å². The van der Waals surface area contributed by atoms with Gasteiger partial charge < -0.3 is 15.0 Å². The molecule has 1 heterocycles. The Bertz CT molecular complexity index is 601. The molecular weight excluding hydrogens is 240 g/mol. The third-order valence-corrected chi connectivity index (χ3v) is 3.41. The van der Waals surface area contributed by atoms with Gasteiger partial charge in [-0.25, -0.2) is 0 Å². The number of fused-ring (bicyclic) bond motifs is 1. The predicted molar refractivity (Wildman–Crippen MR) is 76.8 cm³/mol. The first-order valence-electron chi connectivity index (χ1n) is 6.54. The molecule has 0 radical (unpaired) electrons. The lowest BCUT2D eigenvalue weighted by Crippen LogP contribution is -2.32. The molecule has 4 nitrogen and oxygen atoms in total. The van der Waals surface area contributed by atoms with Crippen LogP contribution in [0.15, 0.2) is 18.2 Å². The molecule has 4 heteroatoms. The molecule has 1 unspecified atom stereocenters. The average Bonchev–Trinajstić information content (AvgIpc) is 2.73. The van der Waals surface area contributed by atoms with Gasteiger partial charge in [-0.05, 0) is 32.4 Å². The van der Waals surface area contributed by atoms with Gasteiger partial charge in [-0.15, -0.1) is 0 Å². The second-order valence-corrected chi connectivity index (χ2v) is 4.82. The summed E-state index contributed by atoms with van der Waals surface area (Å²) in [5, 5.41) is 3.93. The van der Waals surface area contributed by atoms with E-state index in [0.29, 0.717) is 0 Å². The van der Waals surface area contributed by atoms with Crippen molar-refractivity contribution in [3.63, 3.8) is 0 Å². The summed E-state index contributed by atoms with van der Waals surface area (Å²) < 4.78 is 5.19. The van der Waals surface area contributed by atoms with E-state index >= 15 is 0 Å². The van der Waals surface area contributed by atoms with Crippen LogP contribution in [0.4, 0.5) is 0 Å². The first kappa shape index (κ1) is 13.5. The lowest BCUT2D eigenvalue weighted by molar-refractivity contribution is 0.0940. The number of carbonyl (C=O) groups is 1. The Labute approximate surface area is 113 Å². The topological polar surface area (TPSA) is 54.1 Å². The van der Waals surface area contributed by atoms with E-state index in [-0.39, 0.29) is 11.9 Å². The van der Waals surface area contributed by atoms with E-state index < -0.39 is 0 Å². The van der Waals surface area contributed by atoms with Crippen LogP contribution in [0.1, 0.15) is 36.3 Å². The minimum Gasteiger partial charge on any atom is -0.497 e. The second-order valence-electron chi connectivity index (χ2n) is 4.82. The van der Waals surface area contributed by atoms with Gasteiger partial charge in [0.25, 0.3) is 5.91 Å². The zero-order valence-electron chi connectivity index (χ0n) is 11.8. The van der Waals surface area contributed by atoms with Gasteiger partial charge in [0, 0.05) is 23.2 Å². The molecule has 1 amide bonds. The minimum atomic E-state index is -0.0248. The Kier molecular flexibility index (Phi) is 3.79. The number of methoxy groups -OCH3 is 1. The van der Waals surface area contributed by atoms with E-state index in [0.717, 1.165) is 34.3 Å². The van der Waals surface area contributed by atoms with Gasteiger partial charge in [-0.1, -0.05) is 6.92 Å². The normalized spacial score (nSPS) is 12.4. The third kappa shape index (κ3) is 2.57. The molecule has 2 rings (SSSR count). The van der Waals surface area contributed by atoms with Gasteiger partial charge in [0.1, 0.15) is 5.75 Å². The molecule has 0 saturated carbocycles. The van der Waals surface area contributed by atoms with Crippen LogP contribution < -0.4 is 10.1 Å². The van der Waals surface area contributed by atoms with Crippen molar-refractivity contribution in [1.29, 1.82) is 0 Å². The summed E-state index contributed by atoms with van der Waals surface area (Å²) >= 11 is 0. The highest BCUT2D eigenvalue weighted by atomic mass is 16.5. The van der Waals surface area contributed by atoms with E-state index in [2.05, 4.69) is 17.2 Å². The molecule has 2 N–H and O–H groups in total. The highest BCUT2D eigenvalue weighted by molar-refractivity contribution is 6.08. The SMILES string of the molecule is CCC(C)NC(=O)c1c(C)[nH]c2cc(OC)ccc12. The number of aromatic amines is 1. The van der Waals surface area contributed by atoms with Crippen molar-refractivity contribution < 1.29 is 9.53 Å². The van der Waals surface area contributed by atoms with Crippen LogP contribution in [0, 0.1) is 6.92 Å². The number of nitrogens with one attached hydrogen (secondary N) is 2. The number of ether oxygens (including phenoxy) is 1. The Hall–Kier alpha value is -1.97. The number of carbonyl (C=O) groups excluding carboxylic acids is 1. The number of amides is 1. The molecule has 1 atom stereocenters. The maximum Gasteiger partial charge on any atom is 0.253 e. The third-order valence-electron chi connectivity index (χ3n) is 3.41. The molecule has 0 aliphatic heterocycles. The highest BCUT2D eigenvalue weighted by Gasteiger charge is 2.17. The summed E-state index contributed by atoms with van der Waals surface area (Å²) in [6.45, 7) is 5.97. The predicted octanol–water partition coefficient (Wildman–Crippen LogP) is 3.01. The van der Waals surface area contributed by atoms with Crippen molar-refractivity contribution in [2.24, 2.45) is 0 Å². The minimum absolute atomic E-state index is 0.0248. The van der Waals surface area contributed by atoms with Crippen molar-refractivity contribution in [2.45, 2.75) is 33.2 Å². The molecule has 1 aromatic carbocycles. The summed E-state index contributed by atoms with van der Waals surface area (Å²) in [5.74, 6) is 0.755. The van der Waals surface area contributed by atoms with Gasteiger partial charge in [-0.2, -0.15) is 0 Å². The van der Waals surface area contributed by atoms with E-state index in [1.54, 1.807) is 7.11 Å². The molecule has 102 valence electrons. The van der Waals surface area contributed by atoms with Crippen LogP contribution in [0.25, 0.3) is 10.9 Å². The van der Waals surface area contributed by atoms with Gasteiger partial charge in [0.2, 0.25) is 0 Å². The van der Waals surface area contributed by atoms with Gasteiger partial charge in [0.05, 0.1) is 18.2 Å². The quantitative estimate of drug-likeness (QED) is 0.887. The Morgan fingerprint density at radius 1 is 1.47 bits per heavy atom. The molecule has 0 fully saturated rings. The number of rotatable bonds is 4. The van der Waals surface area contributed by atoms with Gasteiger partial charge in [0.15, 0.2) is 0 Å². The number of hydrogen-bond acceptors (Lipinski definition) is 2. The van der Waals surface area contributed by atoms with Crippen molar-refractivity contribution in [2.75, 3.05) is 7.11 Å².